The summed E-state index contributed by atoms with van der Waals surface area (Å²) in [5.74, 6) is 0.170. The first kappa shape index (κ1) is 25.7. The van der Waals surface area contributed by atoms with Gasteiger partial charge in [-0.3, -0.25) is 10.1 Å². The Hall–Kier alpha value is -4.53. The van der Waals surface area contributed by atoms with Crippen molar-refractivity contribution in [2.75, 3.05) is 17.7 Å². The maximum atomic E-state index is 13.2. The van der Waals surface area contributed by atoms with Crippen molar-refractivity contribution < 1.29 is 23.5 Å². The Morgan fingerprint density at radius 3 is 2.42 bits per heavy atom. The molecule has 3 aromatic carbocycles. The molecule has 40 heavy (non-hydrogen) atoms. The number of aromatic nitrogens is 1. The molecule has 4 N–H and O–H groups in total. The lowest BCUT2D eigenvalue weighted by Crippen LogP contribution is -2.30. The van der Waals surface area contributed by atoms with Crippen molar-refractivity contribution in [3.63, 3.8) is 0 Å². The molecule has 8 nitrogen and oxygen atoms in total. The standard InChI is InChI=1S/C31H31FN4O4/c1-18(19-2-6-21(32)7-3-19)40-31(38)35-23-8-4-20(5-9-23)30-29(33)26-15-14-25(16-27(26)36(30)24-12-13-24)39-17-28(37)34-22-10-11-22/h2-9,14-16,18,22,24H,10-13,17,33H2,1H3,(H,34,37)(H,35,38). The molecule has 0 aliphatic heterocycles. The van der Waals surface area contributed by atoms with E-state index < -0.39 is 12.2 Å². The van der Waals surface area contributed by atoms with Gasteiger partial charge in [0.15, 0.2) is 6.61 Å². The van der Waals surface area contributed by atoms with E-state index in [0.717, 1.165) is 47.8 Å². The number of halogens is 1. The van der Waals surface area contributed by atoms with E-state index in [0.29, 0.717) is 34.8 Å². The molecule has 206 valence electrons. The summed E-state index contributed by atoms with van der Waals surface area (Å²) in [5.41, 5.74) is 11.4. The first-order valence-corrected chi connectivity index (χ1v) is 13.5. The van der Waals surface area contributed by atoms with Crippen molar-refractivity contribution in [3.8, 4) is 17.0 Å². The summed E-state index contributed by atoms with van der Waals surface area (Å²) >= 11 is 0. The first-order chi connectivity index (χ1) is 19.4. The topological polar surface area (TPSA) is 108 Å². The van der Waals surface area contributed by atoms with Crippen LogP contribution in [-0.2, 0) is 9.53 Å². The molecule has 2 saturated carbocycles. The highest BCUT2D eigenvalue weighted by molar-refractivity contribution is 6.02. The molecule has 1 atom stereocenters. The van der Waals surface area contributed by atoms with Crippen LogP contribution in [-0.4, -0.2) is 29.2 Å². The highest BCUT2D eigenvalue weighted by Crippen LogP contribution is 2.46. The number of nitrogen functional groups attached to an aromatic ring is 1. The summed E-state index contributed by atoms with van der Waals surface area (Å²) in [6.07, 6.45) is 3.05. The average molecular weight is 543 g/mol. The molecular formula is C31H31FN4O4. The van der Waals surface area contributed by atoms with Gasteiger partial charge in [-0.25, -0.2) is 9.18 Å². The van der Waals surface area contributed by atoms with Crippen molar-refractivity contribution >= 4 is 34.3 Å². The summed E-state index contributed by atoms with van der Waals surface area (Å²) in [6, 6.07) is 19.7. The Labute approximate surface area is 231 Å². The number of rotatable bonds is 9. The van der Waals surface area contributed by atoms with Gasteiger partial charge in [-0.15, -0.1) is 0 Å². The maximum absolute atomic E-state index is 13.2. The van der Waals surface area contributed by atoms with Gasteiger partial charge in [0.1, 0.15) is 17.7 Å². The van der Waals surface area contributed by atoms with E-state index in [1.54, 1.807) is 31.2 Å². The second-order valence-corrected chi connectivity index (χ2v) is 10.5. The summed E-state index contributed by atoms with van der Waals surface area (Å²) in [5, 5.41) is 6.61. The molecule has 2 fully saturated rings. The number of ether oxygens (including phenoxy) is 2. The van der Waals surface area contributed by atoms with E-state index in [4.69, 9.17) is 15.2 Å². The first-order valence-electron chi connectivity index (χ1n) is 13.5. The molecule has 0 spiro atoms. The minimum atomic E-state index is -0.602. The lowest BCUT2D eigenvalue weighted by Gasteiger charge is -2.15. The number of nitrogens with zero attached hydrogens (tertiary/aromatic N) is 1. The zero-order valence-corrected chi connectivity index (χ0v) is 22.2. The molecular weight excluding hydrogens is 511 g/mol. The van der Waals surface area contributed by atoms with Crippen LogP contribution in [0.3, 0.4) is 0 Å². The van der Waals surface area contributed by atoms with Crippen molar-refractivity contribution in [3.05, 3.63) is 78.1 Å². The van der Waals surface area contributed by atoms with Gasteiger partial charge in [-0.05, 0) is 74.6 Å². The Kier molecular flexibility index (Phi) is 6.79. The number of hydrogen-bond donors (Lipinski definition) is 3. The van der Waals surface area contributed by atoms with Gasteiger partial charge >= 0.3 is 6.09 Å². The fourth-order valence-corrected chi connectivity index (χ4v) is 4.88. The van der Waals surface area contributed by atoms with Gasteiger partial charge in [0.25, 0.3) is 5.91 Å². The van der Waals surface area contributed by atoms with E-state index in [9.17, 15) is 14.0 Å². The third kappa shape index (κ3) is 5.59. The van der Waals surface area contributed by atoms with Gasteiger partial charge < -0.3 is 25.1 Å². The molecule has 0 bridgehead atoms. The average Bonchev–Trinajstić information content (AvgIpc) is 3.88. The Bertz CT molecular complexity index is 1560. The molecule has 4 aromatic rings. The maximum Gasteiger partial charge on any atom is 0.412 e. The zero-order chi connectivity index (χ0) is 27.8. The summed E-state index contributed by atoms with van der Waals surface area (Å²) in [6.45, 7) is 1.71. The lowest BCUT2D eigenvalue weighted by molar-refractivity contribution is -0.123. The number of anilines is 2. The smallest absolute Gasteiger partial charge is 0.412 e. The Morgan fingerprint density at radius 2 is 1.75 bits per heavy atom. The SMILES string of the molecule is CC(OC(=O)Nc1ccc(-c2c(N)c3ccc(OCC(=O)NC4CC4)cc3n2C2CC2)cc1)c1ccc(F)cc1. The quantitative estimate of drug-likeness (QED) is 0.229. The monoisotopic (exact) mass is 542 g/mol. The fraction of sp³-hybridized carbons (Fsp3) is 0.290. The van der Waals surface area contributed by atoms with Crippen LogP contribution in [0.4, 0.5) is 20.6 Å². The molecule has 2 amide bonds. The molecule has 1 aromatic heterocycles. The highest BCUT2D eigenvalue weighted by atomic mass is 19.1. The van der Waals surface area contributed by atoms with E-state index in [1.165, 1.54) is 12.1 Å². The number of hydrogen-bond acceptors (Lipinski definition) is 5. The van der Waals surface area contributed by atoms with Gasteiger partial charge in [0.05, 0.1) is 16.9 Å². The third-order valence-corrected chi connectivity index (χ3v) is 7.27. The van der Waals surface area contributed by atoms with E-state index in [-0.39, 0.29) is 18.3 Å². The summed E-state index contributed by atoms with van der Waals surface area (Å²) in [4.78, 5) is 24.5. The third-order valence-electron chi connectivity index (χ3n) is 7.27. The van der Waals surface area contributed by atoms with Gasteiger partial charge in [0.2, 0.25) is 0 Å². The predicted molar refractivity (Wildman–Crippen MR) is 152 cm³/mol. The second-order valence-electron chi connectivity index (χ2n) is 10.5. The number of benzene rings is 3. The van der Waals surface area contributed by atoms with Crippen LogP contribution in [0, 0.1) is 5.82 Å². The van der Waals surface area contributed by atoms with Crippen LogP contribution in [0.5, 0.6) is 5.75 Å². The van der Waals surface area contributed by atoms with Crippen molar-refractivity contribution in [1.82, 2.24) is 9.88 Å². The van der Waals surface area contributed by atoms with Gasteiger partial charge in [-0.1, -0.05) is 24.3 Å². The van der Waals surface area contributed by atoms with E-state index >= 15 is 0 Å². The Morgan fingerprint density at radius 1 is 1.02 bits per heavy atom. The molecule has 6 rings (SSSR count). The zero-order valence-electron chi connectivity index (χ0n) is 22.2. The largest absolute Gasteiger partial charge is 0.484 e. The molecule has 9 heteroatoms. The predicted octanol–water partition coefficient (Wildman–Crippen LogP) is 6.33. The van der Waals surface area contributed by atoms with E-state index in [1.807, 2.05) is 30.3 Å². The summed E-state index contributed by atoms with van der Waals surface area (Å²) < 4.78 is 26.7. The normalized spacial score (nSPS) is 15.4. The fourth-order valence-electron chi connectivity index (χ4n) is 4.88. The van der Waals surface area contributed by atoms with Gasteiger partial charge in [-0.2, -0.15) is 0 Å². The van der Waals surface area contributed by atoms with Crippen molar-refractivity contribution in [1.29, 1.82) is 0 Å². The highest BCUT2D eigenvalue weighted by Gasteiger charge is 2.30. The molecule has 0 saturated heterocycles. The molecule has 1 heterocycles. The summed E-state index contributed by atoms with van der Waals surface area (Å²) in [7, 11) is 0. The second kappa shape index (κ2) is 10.6. The van der Waals surface area contributed by atoms with Crippen LogP contribution < -0.4 is 21.1 Å². The van der Waals surface area contributed by atoms with Crippen LogP contribution in [0.15, 0.2) is 66.7 Å². The molecule has 2 aliphatic rings. The molecule has 0 radical (unpaired) electrons. The number of carbonyl (C=O) groups is 2. The molecule has 2 aliphatic carbocycles. The lowest BCUT2D eigenvalue weighted by atomic mass is 10.1. The number of nitrogens with two attached hydrogens (primary N) is 1. The number of carbonyl (C=O) groups excluding carboxylic acids is 2. The number of nitrogens with one attached hydrogen (secondary N) is 2. The van der Waals surface area contributed by atoms with Crippen LogP contribution in [0.25, 0.3) is 22.2 Å². The van der Waals surface area contributed by atoms with Crippen LogP contribution >= 0.6 is 0 Å². The Balaban J connectivity index is 1.18. The van der Waals surface area contributed by atoms with Gasteiger partial charge in [0, 0.05) is 34.8 Å². The molecule has 1 unspecified atom stereocenters. The van der Waals surface area contributed by atoms with Crippen molar-refractivity contribution in [2.24, 2.45) is 0 Å². The minimum Gasteiger partial charge on any atom is -0.484 e. The minimum absolute atomic E-state index is 0.0198. The van der Waals surface area contributed by atoms with Crippen LogP contribution in [0.1, 0.15) is 50.3 Å². The van der Waals surface area contributed by atoms with E-state index in [2.05, 4.69) is 15.2 Å². The number of fused-ring (bicyclic) bond motifs is 1. The number of amides is 2. The van der Waals surface area contributed by atoms with Crippen molar-refractivity contribution in [2.45, 2.75) is 50.8 Å². The van der Waals surface area contributed by atoms with Crippen LogP contribution in [0.2, 0.25) is 0 Å².